The summed E-state index contributed by atoms with van der Waals surface area (Å²) >= 11 is 0. The third-order valence-corrected chi connectivity index (χ3v) is 2.30. The predicted octanol–water partition coefficient (Wildman–Crippen LogP) is -0.0283. The molecule has 0 spiro atoms. The monoisotopic (exact) mass is 253 g/mol. The van der Waals surface area contributed by atoms with Gasteiger partial charge in [-0.25, -0.2) is 0 Å². The van der Waals surface area contributed by atoms with Gasteiger partial charge < -0.3 is 20.4 Å². The highest BCUT2D eigenvalue weighted by atomic mass is 16.5. The number of hydrogen-bond acceptors (Lipinski definition) is 4. The highest BCUT2D eigenvalue weighted by molar-refractivity contribution is 5.76. The summed E-state index contributed by atoms with van der Waals surface area (Å²) in [5, 5.41) is 2.75. The van der Waals surface area contributed by atoms with Gasteiger partial charge in [0.1, 0.15) is 6.54 Å². The molecule has 1 rings (SSSR count). The number of hydrogen-bond donors (Lipinski definition) is 2. The Hall–Kier alpha value is -1.82. The van der Waals surface area contributed by atoms with Crippen molar-refractivity contribution in [1.29, 1.82) is 0 Å². The molecule has 0 aliphatic carbocycles. The van der Waals surface area contributed by atoms with Crippen LogP contribution in [-0.4, -0.2) is 29.7 Å². The van der Waals surface area contributed by atoms with Crippen LogP contribution in [0.3, 0.4) is 0 Å². The molecule has 0 saturated heterocycles. The minimum atomic E-state index is -0.253. The van der Waals surface area contributed by atoms with Crippen molar-refractivity contribution in [2.24, 2.45) is 0 Å². The Kier molecular flexibility index (Phi) is 5.38. The summed E-state index contributed by atoms with van der Waals surface area (Å²) in [4.78, 5) is 23.1. The molecule has 0 aromatic carbocycles. The highest BCUT2D eigenvalue weighted by Gasteiger charge is 2.08. The molecule has 100 valence electrons. The Morgan fingerprint density at radius 3 is 2.94 bits per heavy atom. The number of nitrogens with zero attached hydrogens (tertiary/aromatic N) is 1. The number of carbonyl (C=O) groups is 1. The van der Waals surface area contributed by atoms with Gasteiger partial charge in [-0.3, -0.25) is 9.59 Å². The van der Waals surface area contributed by atoms with Crippen molar-refractivity contribution >= 4 is 11.6 Å². The molecule has 1 amide bonds. The molecule has 1 heterocycles. The van der Waals surface area contributed by atoms with Gasteiger partial charge in [0.2, 0.25) is 5.91 Å². The quantitative estimate of drug-likeness (QED) is 0.745. The lowest BCUT2D eigenvalue weighted by Crippen LogP contribution is -2.39. The third kappa shape index (κ3) is 4.58. The summed E-state index contributed by atoms with van der Waals surface area (Å²) in [6, 6.07) is 2.76. The molecule has 0 aliphatic rings. The number of aromatic nitrogens is 1. The van der Waals surface area contributed by atoms with Crippen LogP contribution in [0.25, 0.3) is 0 Å². The summed E-state index contributed by atoms with van der Waals surface area (Å²) < 4.78 is 6.46. The van der Waals surface area contributed by atoms with Crippen LogP contribution in [0, 0.1) is 0 Å². The van der Waals surface area contributed by atoms with Crippen LogP contribution < -0.4 is 16.6 Å². The van der Waals surface area contributed by atoms with Crippen LogP contribution in [0.2, 0.25) is 0 Å². The molecule has 1 unspecified atom stereocenters. The van der Waals surface area contributed by atoms with Gasteiger partial charge in [0.05, 0.1) is 6.61 Å². The molecule has 0 bridgehead atoms. The van der Waals surface area contributed by atoms with E-state index in [0.717, 1.165) is 0 Å². The molecule has 1 aromatic heterocycles. The molecule has 18 heavy (non-hydrogen) atoms. The van der Waals surface area contributed by atoms with E-state index in [9.17, 15) is 9.59 Å². The fourth-order valence-electron chi connectivity index (χ4n) is 1.48. The standard InChI is InChI=1S/C12H19N3O3/c1-3-18-8-9(2)14-11(16)7-15-6-10(13)4-5-12(15)17/h4-6,9H,3,7-8,13H2,1-2H3,(H,14,16). The van der Waals surface area contributed by atoms with Crippen molar-refractivity contribution in [2.75, 3.05) is 18.9 Å². The maximum absolute atomic E-state index is 11.7. The Morgan fingerprint density at radius 2 is 2.28 bits per heavy atom. The molecular formula is C12H19N3O3. The molecule has 0 fully saturated rings. The lowest BCUT2D eigenvalue weighted by atomic mass is 10.3. The molecule has 6 nitrogen and oxygen atoms in total. The Labute approximate surface area is 106 Å². The fraction of sp³-hybridized carbons (Fsp3) is 0.500. The van der Waals surface area contributed by atoms with Gasteiger partial charge in [0, 0.05) is 30.6 Å². The number of rotatable bonds is 6. The van der Waals surface area contributed by atoms with Crippen molar-refractivity contribution in [3.8, 4) is 0 Å². The summed E-state index contributed by atoms with van der Waals surface area (Å²) in [7, 11) is 0. The van der Waals surface area contributed by atoms with Gasteiger partial charge in [-0.2, -0.15) is 0 Å². The summed E-state index contributed by atoms with van der Waals surface area (Å²) in [5.41, 5.74) is 5.75. The lowest BCUT2D eigenvalue weighted by Gasteiger charge is -2.14. The van der Waals surface area contributed by atoms with E-state index in [-0.39, 0.29) is 24.1 Å². The smallest absolute Gasteiger partial charge is 0.251 e. The topological polar surface area (TPSA) is 86.3 Å². The van der Waals surface area contributed by atoms with E-state index in [4.69, 9.17) is 10.5 Å². The Balaban J connectivity index is 2.54. The molecule has 6 heteroatoms. The molecule has 1 atom stereocenters. The van der Waals surface area contributed by atoms with Crippen LogP contribution in [0.15, 0.2) is 23.1 Å². The zero-order valence-corrected chi connectivity index (χ0v) is 10.7. The second-order valence-corrected chi connectivity index (χ2v) is 4.06. The number of ether oxygens (including phenoxy) is 1. The number of amides is 1. The van der Waals surface area contributed by atoms with Gasteiger partial charge in [-0.15, -0.1) is 0 Å². The third-order valence-electron chi connectivity index (χ3n) is 2.30. The Morgan fingerprint density at radius 1 is 1.56 bits per heavy atom. The van der Waals surface area contributed by atoms with E-state index in [1.165, 1.54) is 22.9 Å². The molecule has 3 N–H and O–H groups in total. The second-order valence-electron chi connectivity index (χ2n) is 4.06. The first-order chi connectivity index (χ1) is 8.52. The number of carbonyl (C=O) groups excluding carboxylic acids is 1. The van der Waals surface area contributed by atoms with Crippen LogP contribution in [0.5, 0.6) is 0 Å². The van der Waals surface area contributed by atoms with Crippen LogP contribution in [0.1, 0.15) is 13.8 Å². The summed E-state index contributed by atoms with van der Waals surface area (Å²) in [5.74, 6) is -0.241. The minimum Gasteiger partial charge on any atom is -0.398 e. The number of nitrogen functional groups attached to an aromatic ring is 1. The molecular weight excluding hydrogens is 234 g/mol. The van der Waals surface area contributed by atoms with E-state index in [2.05, 4.69) is 5.32 Å². The molecule has 1 aromatic rings. The number of anilines is 1. The fourth-order valence-corrected chi connectivity index (χ4v) is 1.48. The number of nitrogens with two attached hydrogens (primary N) is 1. The van der Waals surface area contributed by atoms with Crippen LogP contribution in [0.4, 0.5) is 5.69 Å². The predicted molar refractivity (Wildman–Crippen MR) is 69.2 cm³/mol. The first kappa shape index (κ1) is 14.2. The van der Waals surface area contributed by atoms with Gasteiger partial charge in [-0.1, -0.05) is 0 Å². The van der Waals surface area contributed by atoms with E-state index >= 15 is 0 Å². The average Bonchev–Trinajstić information content (AvgIpc) is 2.31. The van der Waals surface area contributed by atoms with Crippen molar-refractivity contribution in [2.45, 2.75) is 26.4 Å². The van der Waals surface area contributed by atoms with Gasteiger partial charge in [0.25, 0.3) is 5.56 Å². The highest BCUT2D eigenvalue weighted by Crippen LogP contribution is 1.95. The molecule has 0 saturated carbocycles. The maximum atomic E-state index is 11.7. The average molecular weight is 253 g/mol. The minimum absolute atomic E-state index is 0.0413. The summed E-state index contributed by atoms with van der Waals surface area (Å²) in [6.45, 7) is 4.75. The molecule has 0 aliphatic heterocycles. The SMILES string of the molecule is CCOCC(C)NC(=O)Cn1cc(N)ccc1=O. The zero-order chi connectivity index (χ0) is 13.5. The zero-order valence-electron chi connectivity index (χ0n) is 10.7. The first-order valence-corrected chi connectivity index (χ1v) is 5.86. The van der Waals surface area contributed by atoms with Crippen LogP contribution >= 0.6 is 0 Å². The van der Waals surface area contributed by atoms with Crippen molar-refractivity contribution in [1.82, 2.24) is 9.88 Å². The van der Waals surface area contributed by atoms with E-state index in [1.54, 1.807) is 0 Å². The maximum Gasteiger partial charge on any atom is 0.251 e. The van der Waals surface area contributed by atoms with Crippen LogP contribution in [-0.2, 0) is 16.1 Å². The summed E-state index contributed by atoms with van der Waals surface area (Å²) in [6.07, 6.45) is 1.45. The molecule has 0 radical (unpaired) electrons. The van der Waals surface area contributed by atoms with Crippen molar-refractivity contribution < 1.29 is 9.53 Å². The van der Waals surface area contributed by atoms with Gasteiger partial charge in [-0.05, 0) is 19.9 Å². The van der Waals surface area contributed by atoms with E-state index in [1.807, 2.05) is 13.8 Å². The lowest BCUT2D eigenvalue weighted by molar-refractivity contribution is -0.122. The second kappa shape index (κ2) is 6.80. The normalized spacial score (nSPS) is 12.1. The number of nitrogens with one attached hydrogen (secondary N) is 1. The Bertz CT molecular complexity index is 456. The van der Waals surface area contributed by atoms with Gasteiger partial charge in [0.15, 0.2) is 0 Å². The van der Waals surface area contributed by atoms with Gasteiger partial charge >= 0.3 is 0 Å². The van der Waals surface area contributed by atoms with Crippen molar-refractivity contribution in [3.63, 3.8) is 0 Å². The first-order valence-electron chi connectivity index (χ1n) is 5.86. The number of pyridine rings is 1. The van der Waals surface area contributed by atoms with Crippen molar-refractivity contribution in [3.05, 3.63) is 28.7 Å². The van der Waals surface area contributed by atoms with E-state index < -0.39 is 0 Å². The van der Waals surface area contributed by atoms with E-state index in [0.29, 0.717) is 18.9 Å². The largest absolute Gasteiger partial charge is 0.398 e.